The van der Waals surface area contributed by atoms with Crippen molar-refractivity contribution in [2.45, 2.75) is 6.54 Å². The highest BCUT2D eigenvalue weighted by Gasteiger charge is 2.09. The lowest BCUT2D eigenvalue weighted by atomic mass is 10.2. The number of allylic oxidation sites excluding steroid dienone is 2. The van der Waals surface area contributed by atoms with Crippen molar-refractivity contribution >= 4 is 5.69 Å². The molecule has 1 aliphatic heterocycles. The van der Waals surface area contributed by atoms with Crippen molar-refractivity contribution in [2.75, 3.05) is 19.5 Å². The number of ether oxygens (including phenoxy) is 2. The van der Waals surface area contributed by atoms with Gasteiger partial charge < -0.3 is 14.8 Å². The predicted molar refractivity (Wildman–Crippen MR) is 95.5 cm³/mol. The van der Waals surface area contributed by atoms with Crippen LogP contribution >= 0.6 is 0 Å². The van der Waals surface area contributed by atoms with E-state index < -0.39 is 0 Å². The maximum Gasteiger partial charge on any atom is 0.162 e. The lowest BCUT2D eigenvalue weighted by Gasteiger charge is -2.27. The molecule has 0 aromatic heterocycles. The van der Waals surface area contributed by atoms with E-state index in [0.717, 1.165) is 18.1 Å². The first-order valence-electron chi connectivity index (χ1n) is 7.73. The second-order valence-corrected chi connectivity index (χ2v) is 5.34. The summed E-state index contributed by atoms with van der Waals surface area (Å²) >= 11 is 0. The molecule has 5 nitrogen and oxygen atoms in total. The van der Waals surface area contributed by atoms with Crippen LogP contribution in [0, 0.1) is 0 Å². The van der Waals surface area contributed by atoms with Gasteiger partial charge in [-0.2, -0.15) is 0 Å². The molecule has 2 aromatic carbocycles. The van der Waals surface area contributed by atoms with Gasteiger partial charge in [-0.15, -0.1) is 0 Å². The van der Waals surface area contributed by atoms with E-state index in [4.69, 9.17) is 9.47 Å². The Kier molecular flexibility index (Phi) is 4.91. The van der Waals surface area contributed by atoms with Crippen molar-refractivity contribution < 1.29 is 9.47 Å². The van der Waals surface area contributed by atoms with Crippen LogP contribution in [0.3, 0.4) is 0 Å². The Morgan fingerprint density at radius 1 is 1.00 bits per heavy atom. The highest BCUT2D eigenvalue weighted by atomic mass is 16.5. The first kappa shape index (κ1) is 15.8. The number of methoxy groups -OCH3 is 2. The fraction of sp³-hybridized carbons (Fsp3) is 0.158. The molecule has 0 spiro atoms. The first-order chi connectivity index (χ1) is 11.8. The van der Waals surface area contributed by atoms with Gasteiger partial charge in [-0.3, -0.25) is 10.4 Å². The SMILES string of the molecule is COc1ccc(NC2=CC=CN(Cc3ccccc3)N2)cc1OC. The molecule has 5 heteroatoms. The minimum atomic E-state index is 0.690. The van der Waals surface area contributed by atoms with Crippen LogP contribution in [-0.4, -0.2) is 19.2 Å². The van der Waals surface area contributed by atoms with Crippen molar-refractivity contribution in [1.82, 2.24) is 10.4 Å². The number of hydrogen-bond donors (Lipinski definition) is 2. The van der Waals surface area contributed by atoms with Crippen LogP contribution in [-0.2, 0) is 6.54 Å². The van der Waals surface area contributed by atoms with Gasteiger partial charge in [0.25, 0.3) is 0 Å². The first-order valence-corrected chi connectivity index (χ1v) is 7.73. The number of hydrogen-bond acceptors (Lipinski definition) is 5. The predicted octanol–water partition coefficient (Wildman–Crippen LogP) is 3.49. The van der Waals surface area contributed by atoms with Gasteiger partial charge in [0.15, 0.2) is 11.5 Å². The molecule has 1 aliphatic rings. The van der Waals surface area contributed by atoms with E-state index in [1.165, 1.54) is 5.56 Å². The number of benzene rings is 2. The fourth-order valence-corrected chi connectivity index (χ4v) is 2.48. The van der Waals surface area contributed by atoms with Crippen molar-refractivity contribution in [1.29, 1.82) is 0 Å². The zero-order chi connectivity index (χ0) is 16.8. The smallest absolute Gasteiger partial charge is 0.162 e. The second-order valence-electron chi connectivity index (χ2n) is 5.34. The lowest BCUT2D eigenvalue weighted by molar-refractivity contribution is 0.292. The molecule has 1 heterocycles. The van der Waals surface area contributed by atoms with Gasteiger partial charge >= 0.3 is 0 Å². The van der Waals surface area contributed by atoms with Gasteiger partial charge in [-0.05, 0) is 29.8 Å². The van der Waals surface area contributed by atoms with Gasteiger partial charge in [-0.1, -0.05) is 30.3 Å². The third-order valence-electron chi connectivity index (χ3n) is 3.65. The Morgan fingerprint density at radius 3 is 2.54 bits per heavy atom. The summed E-state index contributed by atoms with van der Waals surface area (Å²) < 4.78 is 10.6. The molecule has 124 valence electrons. The van der Waals surface area contributed by atoms with Crippen LogP contribution in [0.1, 0.15) is 5.56 Å². The minimum Gasteiger partial charge on any atom is -0.493 e. The van der Waals surface area contributed by atoms with Crippen LogP contribution in [0.15, 0.2) is 72.7 Å². The van der Waals surface area contributed by atoms with Crippen LogP contribution in [0.5, 0.6) is 11.5 Å². The van der Waals surface area contributed by atoms with E-state index in [1.807, 2.05) is 59.8 Å². The zero-order valence-electron chi connectivity index (χ0n) is 13.8. The van der Waals surface area contributed by atoms with Gasteiger partial charge in [0.2, 0.25) is 0 Å². The van der Waals surface area contributed by atoms with E-state index in [9.17, 15) is 0 Å². The van der Waals surface area contributed by atoms with E-state index >= 15 is 0 Å². The summed E-state index contributed by atoms with van der Waals surface area (Å²) in [6.07, 6.45) is 5.99. The summed E-state index contributed by atoms with van der Waals surface area (Å²) in [6.45, 7) is 0.780. The van der Waals surface area contributed by atoms with Crippen molar-refractivity contribution in [3.63, 3.8) is 0 Å². The molecule has 0 radical (unpaired) electrons. The molecule has 0 amide bonds. The number of nitrogens with one attached hydrogen (secondary N) is 2. The molecule has 0 fully saturated rings. The summed E-state index contributed by atoms with van der Waals surface area (Å²) in [5.74, 6) is 2.29. The third kappa shape index (κ3) is 3.81. The normalized spacial score (nSPS) is 13.1. The molecule has 0 bridgehead atoms. The Morgan fingerprint density at radius 2 is 1.79 bits per heavy atom. The molecule has 0 unspecified atom stereocenters. The fourth-order valence-electron chi connectivity index (χ4n) is 2.48. The Hall–Kier alpha value is -3.08. The van der Waals surface area contributed by atoms with E-state index in [2.05, 4.69) is 22.9 Å². The average Bonchev–Trinajstić information content (AvgIpc) is 2.63. The summed E-state index contributed by atoms with van der Waals surface area (Å²) in [6, 6.07) is 16.0. The van der Waals surface area contributed by atoms with Gasteiger partial charge in [0.05, 0.1) is 20.8 Å². The van der Waals surface area contributed by atoms with Crippen LogP contribution in [0.25, 0.3) is 0 Å². The molecule has 0 saturated heterocycles. The summed E-state index contributed by atoms with van der Waals surface area (Å²) in [5, 5.41) is 5.37. The minimum absolute atomic E-state index is 0.690. The average molecular weight is 323 g/mol. The van der Waals surface area contributed by atoms with Gasteiger partial charge in [0, 0.05) is 18.0 Å². The topological polar surface area (TPSA) is 45.8 Å². The molecule has 0 atom stereocenters. The molecule has 2 N–H and O–H groups in total. The molecule has 3 rings (SSSR count). The van der Waals surface area contributed by atoms with Crippen LogP contribution < -0.4 is 20.2 Å². The van der Waals surface area contributed by atoms with Gasteiger partial charge in [0.1, 0.15) is 5.82 Å². The lowest BCUT2D eigenvalue weighted by Crippen LogP contribution is -2.36. The highest BCUT2D eigenvalue weighted by molar-refractivity contribution is 5.57. The maximum atomic E-state index is 5.34. The molecule has 2 aromatic rings. The maximum absolute atomic E-state index is 5.34. The van der Waals surface area contributed by atoms with Crippen LogP contribution in [0.4, 0.5) is 5.69 Å². The standard InChI is InChI=1S/C19H21N3O2/c1-23-17-11-10-16(13-18(17)24-2)20-19-9-6-12-22(21-19)14-15-7-4-3-5-8-15/h3-13,20-21H,14H2,1-2H3. The Balaban J connectivity index is 1.65. The summed E-state index contributed by atoms with van der Waals surface area (Å²) in [7, 11) is 3.26. The number of hydrazine groups is 1. The molecular weight excluding hydrogens is 302 g/mol. The van der Waals surface area contributed by atoms with E-state index in [0.29, 0.717) is 11.5 Å². The molecule has 0 saturated carbocycles. The Labute approximate surface area is 142 Å². The number of rotatable bonds is 6. The van der Waals surface area contributed by atoms with Gasteiger partial charge in [-0.25, -0.2) is 0 Å². The quantitative estimate of drug-likeness (QED) is 0.852. The van der Waals surface area contributed by atoms with Crippen molar-refractivity contribution in [3.8, 4) is 11.5 Å². The zero-order valence-corrected chi connectivity index (χ0v) is 13.8. The van der Waals surface area contributed by atoms with Crippen molar-refractivity contribution in [3.05, 3.63) is 78.3 Å². The summed E-state index contributed by atoms with van der Waals surface area (Å²) in [4.78, 5) is 0. The van der Waals surface area contributed by atoms with Crippen LogP contribution in [0.2, 0.25) is 0 Å². The molecule has 24 heavy (non-hydrogen) atoms. The van der Waals surface area contributed by atoms with E-state index in [1.54, 1.807) is 14.2 Å². The second kappa shape index (κ2) is 7.46. The van der Waals surface area contributed by atoms with Crippen molar-refractivity contribution in [2.24, 2.45) is 0 Å². The number of nitrogens with zero attached hydrogens (tertiary/aromatic N) is 1. The van der Waals surface area contributed by atoms with E-state index in [-0.39, 0.29) is 0 Å². The number of anilines is 1. The largest absolute Gasteiger partial charge is 0.493 e. The summed E-state index contributed by atoms with van der Waals surface area (Å²) in [5.41, 5.74) is 5.50. The highest BCUT2D eigenvalue weighted by Crippen LogP contribution is 2.30. The third-order valence-corrected chi connectivity index (χ3v) is 3.65. The molecular formula is C19H21N3O2. The Bertz CT molecular complexity index is 742. The molecule has 0 aliphatic carbocycles. The monoisotopic (exact) mass is 323 g/mol.